The summed E-state index contributed by atoms with van der Waals surface area (Å²) in [7, 11) is 0. The second-order valence-electron chi connectivity index (χ2n) is 2.68. The van der Waals surface area contributed by atoms with Gasteiger partial charge in [-0.2, -0.15) is 0 Å². The van der Waals surface area contributed by atoms with Crippen molar-refractivity contribution in [3.63, 3.8) is 0 Å². The molecule has 0 unspecified atom stereocenters. The summed E-state index contributed by atoms with van der Waals surface area (Å²) in [6.07, 6.45) is 3.12. The Bertz CT molecular complexity index is 249. The monoisotopic (exact) mass is 161 g/mol. The van der Waals surface area contributed by atoms with Crippen molar-refractivity contribution >= 4 is 5.57 Å². The molecule has 2 N–H and O–H groups in total. The zero-order valence-corrected chi connectivity index (χ0v) is 7.46. The summed E-state index contributed by atoms with van der Waals surface area (Å²) in [5.74, 6) is 0. The van der Waals surface area contributed by atoms with E-state index in [0.29, 0.717) is 6.54 Å². The molecule has 0 radical (unpaired) electrons. The van der Waals surface area contributed by atoms with Crippen molar-refractivity contribution in [3.8, 4) is 0 Å². The van der Waals surface area contributed by atoms with Crippen molar-refractivity contribution in [1.29, 1.82) is 0 Å². The standard InChI is InChI=1S/C11H15N/c1-2-10(8-9-12)11-6-4-3-5-7-11/h3-8H,2,9,12H2,1H3/b10-8-. The van der Waals surface area contributed by atoms with Crippen molar-refractivity contribution < 1.29 is 0 Å². The molecule has 12 heavy (non-hydrogen) atoms. The highest BCUT2D eigenvalue weighted by atomic mass is 14.5. The fourth-order valence-electron chi connectivity index (χ4n) is 1.26. The van der Waals surface area contributed by atoms with Gasteiger partial charge < -0.3 is 5.73 Å². The molecular weight excluding hydrogens is 146 g/mol. The van der Waals surface area contributed by atoms with E-state index in [9.17, 15) is 0 Å². The molecule has 0 heterocycles. The Labute approximate surface area is 73.9 Å². The van der Waals surface area contributed by atoms with Gasteiger partial charge in [0.2, 0.25) is 0 Å². The van der Waals surface area contributed by atoms with Crippen LogP contribution in [-0.2, 0) is 0 Å². The third kappa shape index (κ3) is 2.21. The topological polar surface area (TPSA) is 26.0 Å². The van der Waals surface area contributed by atoms with Crippen LogP contribution in [0.25, 0.3) is 5.57 Å². The highest BCUT2D eigenvalue weighted by molar-refractivity contribution is 5.65. The number of allylic oxidation sites excluding steroid dienone is 1. The Morgan fingerprint density at radius 1 is 1.33 bits per heavy atom. The quantitative estimate of drug-likeness (QED) is 0.724. The minimum Gasteiger partial charge on any atom is -0.327 e. The van der Waals surface area contributed by atoms with Crippen LogP contribution in [0.2, 0.25) is 0 Å². The molecule has 0 aliphatic rings. The number of nitrogens with two attached hydrogens (primary N) is 1. The number of hydrogen-bond donors (Lipinski definition) is 1. The van der Waals surface area contributed by atoms with Gasteiger partial charge in [0.1, 0.15) is 0 Å². The summed E-state index contributed by atoms with van der Waals surface area (Å²) < 4.78 is 0. The third-order valence-corrected chi connectivity index (χ3v) is 1.89. The summed E-state index contributed by atoms with van der Waals surface area (Å²) in [5, 5.41) is 0. The molecule has 0 aromatic heterocycles. The molecule has 0 saturated heterocycles. The molecule has 0 aliphatic carbocycles. The van der Waals surface area contributed by atoms with Crippen molar-refractivity contribution in [1.82, 2.24) is 0 Å². The van der Waals surface area contributed by atoms with E-state index in [1.165, 1.54) is 11.1 Å². The highest BCUT2D eigenvalue weighted by Gasteiger charge is 1.95. The lowest BCUT2D eigenvalue weighted by molar-refractivity contribution is 1.19. The van der Waals surface area contributed by atoms with Crippen LogP contribution in [-0.4, -0.2) is 6.54 Å². The SMILES string of the molecule is CC/C(=C/CN)c1ccccc1. The maximum absolute atomic E-state index is 5.47. The maximum atomic E-state index is 5.47. The van der Waals surface area contributed by atoms with E-state index in [4.69, 9.17) is 5.73 Å². The van der Waals surface area contributed by atoms with Gasteiger partial charge in [-0.1, -0.05) is 43.3 Å². The van der Waals surface area contributed by atoms with Crippen LogP contribution in [0.3, 0.4) is 0 Å². The first-order chi connectivity index (χ1) is 5.88. The minimum atomic E-state index is 0.623. The molecule has 1 aromatic carbocycles. The fourth-order valence-corrected chi connectivity index (χ4v) is 1.26. The molecule has 0 spiro atoms. The fraction of sp³-hybridized carbons (Fsp3) is 0.273. The predicted molar refractivity (Wildman–Crippen MR) is 53.8 cm³/mol. The largest absolute Gasteiger partial charge is 0.327 e. The predicted octanol–water partition coefficient (Wildman–Crippen LogP) is 2.44. The van der Waals surface area contributed by atoms with Gasteiger partial charge in [-0.3, -0.25) is 0 Å². The second-order valence-corrected chi connectivity index (χ2v) is 2.68. The molecule has 0 bridgehead atoms. The molecule has 0 saturated carbocycles. The zero-order chi connectivity index (χ0) is 8.81. The molecule has 1 heteroatoms. The van der Waals surface area contributed by atoms with E-state index in [1.807, 2.05) is 6.07 Å². The van der Waals surface area contributed by atoms with Crippen LogP contribution in [0.15, 0.2) is 36.4 Å². The molecule has 0 amide bonds. The summed E-state index contributed by atoms with van der Waals surface area (Å²) >= 11 is 0. The van der Waals surface area contributed by atoms with Crippen molar-refractivity contribution in [2.45, 2.75) is 13.3 Å². The molecule has 1 aromatic rings. The van der Waals surface area contributed by atoms with E-state index in [2.05, 4.69) is 37.3 Å². The van der Waals surface area contributed by atoms with E-state index < -0.39 is 0 Å². The average molecular weight is 161 g/mol. The Hall–Kier alpha value is -1.08. The van der Waals surface area contributed by atoms with E-state index in [1.54, 1.807) is 0 Å². The lowest BCUT2D eigenvalue weighted by Crippen LogP contribution is -1.95. The Balaban J connectivity index is 2.88. The van der Waals surface area contributed by atoms with Crippen LogP contribution in [0.4, 0.5) is 0 Å². The van der Waals surface area contributed by atoms with Gasteiger partial charge in [0.25, 0.3) is 0 Å². The molecule has 1 rings (SSSR count). The van der Waals surface area contributed by atoms with Crippen molar-refractivity contribution in [2.24, 2.45) is 5.73 Å². The average Bonchev–Trinajstić information content (AvgIpc) is 2.15. The highest BCUT2D eigenvalue weighted by Crippen LogP contribution is 2.16. The number of benzene rings is 1. The van der Waals surface area contributed by atoms with Crippen LogP contribution in [0, 0.1) is 0 Å². The maximum Gasteiger partial charge on any atom is 0.0112 e. The summed E-state index contributed by atoms with van der Waals surface area (Å²) in [6, 6.07) is 10.4. The van der Waals surface area contributed by atoms with Crippen molar-refractivity contribution in [2.75, 3.05) is 6.54 Å². The summed E-state index contributed by atoms with van der Waals surface area (Å²) in [5.41, 5.74) is 8.08. The molecule has 1 nitrogen and oxygen atoms in total. The van der Waals surface area contributed by atoms with Gasteiger partial charge >= 0.3 is 0 Å². The van der Waals surface area contributed by atoms with Crippen LogP contribution in [0.5, 0.6) is 0 Å². The van der Waals surface area contributed by atoms with Crippen LogP contribution in [0.1, 0.15) is 18.9 Å². The smallest absolute Gasteiger partial charge is 0.0112 e. The summed E-state index contributed by atoms with van der Waals surface area (Å²) in [6.45, 7) is 2.77. The second kappa shape index (κ2) is 4.73. The molecule has 64 valence electrons. The van der Waals surface area contributed by atoms with Gasteiger partial charge in [0, 0.05) is 6.54 Å². The normalized spacial score (nSPS) is 11.7. The zero-order valence-electron chi connectivity index (χ0n) is 7.46. The Morgan fingerprint density at radius 3 is 2.50 bits per heavy atom. The molecular formula is C11H15N. The van der Waals surface area contributed by atoms with Crippen LogP contribution < -0.4 is 5.73 Å². The minimum absolute atomic E-state index is 0.623. The van der Waals surface area contributed by atoms with E-state index in [-0.39, 0.29) is 0 Å². The first-order valence-electron chi connectivity index (χ1n) is 4.33. The molecule has 0 aliphatic heterocycles. The van der Waals surface area contributed by atoms with Gasteiger partial charge in [0.15, 0.2) is 0 Å². The Kier molecular flexibility index (Phi) is 3.55. The first-order valence-corrected chi connectivity index (χ1v) is 4.33. The first kappa shape index (κ1) is 9.01. The number of rotatable bonds is 3. The van der Waals surface area contributed by atoms with E-state index in [0.717, 1.165) is 6.42 Å². The Morgan fingerprint density at radius 2 is 2.00 bits per heavy atom. The third-order valence-electron chi connectivity index (χ3n) is 1.89. The molecule has 0 atom stereocenters. The lowest BCUT2D eigenvalue weighted by Gasteiger charge is -2.03. The van der Waals surface area contributed by atoms with E-state index >= 15 is 0 Å². The van der Waals surface area contributed by atoms with Crippen LogP contribution >= 0.6 is 0 Å². The van der Waals surface area contributed by atoms with Crippen molar-refractivity contribution in [3.05, 3.63) is 42.0 Å². The van der Waals surface area contributed by atoms with Gasteiger partial charge in [-0.05, 0) is 17.6 Å². The van der Waals surface area contributed by atoms with Gasteiger partial charge in [0.05, 0.1) is 0 Å². The number of hydrogen-bond acceptors (Lipinski definition) is 1. The van der Waals surface area contributed by atoms with Gasteiger partial charge in [-0.25, -0.2) is 0 Å². The lowest BCUT2D eigenvalue weighted by atomic mass is 10.0. The van der Waals surface area contributed by atoms with Gasteiger partial charge in [-0.15, -0.1) is 0 Å². The summed E-state index contributed by atoms with van der Waals surface area (Å²) in [4.78, 5) is 0. The molecule has 0 fully saturated rings.